The first kappa shape index (κ1) is 15.2. The molecular weight excluding hydrogens is 222 g/mol. The van der Waals surface area contributed by atoms with Gasteiger partial charge in [0.05, 0.1) is 12.7 Å². The molecule has 0 radical (unpaired) electrons. The molecule has 0 aromatic heterocycles. The van der Waals surface area contributed by atoms with E-state index in [0.717, 1.165) is 19.7 Å². The van der Waals surface area contributed by atoms with Gasteiger partial charge in [-0.1, -0.05) is 57.5 Å². The van der Waals surface area contributed by atoms with Crippen molar-refractivity contribution in [1.82, 2.24) is 5.32 Å². The number of hydrogen-bond acceptors (Lipinski definition) is 2. The van der Waals surface area contributed by atoms with Gasteiger partial charge in [0.1, 0.15) is 0 Å². The van der Waals surface area contributed by atoms with Gasteiger partial charge in [-0.25, -0.2) is 0 Å². The van der Waals surface area contributed by atoms with Crippen LogP contribution in [0.4, 0.5) is 0 Å². The van der Waals surface area contributed by atoms with Gasteiger partial charge in [-0.15, -0.1) is 0 Å². The normalized spacial score (nSPS) is 14.4. The van der Waals surface area contributed by atoms with E-state index in [1.807, 2.05) is 6.07 Å². The summed E-state index contributed by atoms with van der Waals surface area (Å²) in [4.78, 5) is 0. The lowest BCUT2D eigenvalue weighted by molar-refractivity contribution is 0.0302. The summed E-state index contributed by atoms with van der Waals surface area (Å²) in [5, 5.41) is 3.38. The molecule has 1 aromatic rings. The van der Waals surface area contributed by atoms with Gasteiger partial charge < -0.3 is 10.1 Å². The van der Waals surface area contributed by atoms with Crippen LogP contribution in [0.2, 0.25) is 0 Å². The number of nitrogens with one attached hydrogen (secondary N) is 1. The fourth-order valence-electron chi connectivity index (χ4n) is 2.07. The second kappa shape index (κ2) is 9.12. The first-order valence-electron chi connectivity index (χ1n) is 7.15. The lowest BCUT2D eigenvalue weighted by Crippen LogP contribution is -2.24. The quantitative estimate of drug-likeness (QED) is 0.719. The Balaban J connectivity index is 2.51. The Morgan fingerprint density at radius 1 is 1.17 bits per heavy atom. The van der Waals surface area contributed by atoms with Gasteiger partial charge in [0.15, 0.2) is 0 Å². The second-order valence-corrected chi connectivity index (χ2v) is 4.93. The van der Waals surface area contributed by atoms with Crippen molar-refractivity contribution in [2.75, 3.05) is 19.7 Å². The average molecular weight is 249 g/mol. The number of likely N-dealkylation sites (N-methyl/N-ethyl adjacent to an activating group) is 1. The van der Waals surface area contributed by atoms with Crippen molar-refractivity contribution >= 4 is 0 Å². The van der Waals surface area contributed by atoms with Crippen molar-refractivity contribution in [2.24, 2.45) is 5.92 Å². The van der Waals surface area contributed by atoms with E-state index < -0.39 is 0 Å². The van der Waals surface area contributed by atoms with Crippen molar-refractivity contribution in [3.05, 3.63) is 35.9 Å². The highest BCUT2D eigenvalue weighted by atomic mass is 16.5. The lowest BCUT2D eigenvalue weighted by atomic mass is 10.1. The smallest absolute Gasteiger partial charge is 0.0949 e. The van der Waals surface area contributed by atoms with Crippen LogP contribution in [0, 0.1) is 5.92 Å². The minimum atomic E-state index is 0.172. The van der Waals surface area contributed by atoms with Crippen molar-refractivity contribution in [3.8, 4) is 0 Å². The molecule has 1 N–H and O–H groups in total. The minimum Gasteiger partial charge on any atom is -0.372 e. The zero-order valence-corrected chi connectivity index (χ0v) is 12.0. The monoisotopic (exact) mass is 249 g/mol. The van der Waals surface area contributed by atoms with Gasteiger partial charge >= 0.3 is 0 Å². The molecule has 0 spiro atoms. The van der Waals surface area contributed by atoms with E-state index in [1.54, 1.807) is 0 Å². The highest BCUT2D eigenvalue weighted by molar-refractivity contribution is 5.17. The Kier molecular flexibility index (Phi) is 7.70. The Morgan fingerprint density at radius 3 is 2.50 bits per heavy atom. The maximum absolute atomic E-state index is 6.08. The summed E-state index contributed by atoms with van der Waals surface area (Å²) in [7, 11) is 0. The Morgan fingerprint density at radius 2 is 1.89 bits per heavy atom. The largest absolute Gasteiger partial charge is 0.372 e. The fraction of sp³-hybridized carbons (Fsp3) is 0.625. The third-order valence-corrected chi connectivity index (χ3v) is 3.11. The van der Waals surface area contributed by atoms with E-state index in [0.29, 0.717) is 5.92 Å². The van der Waals surface area contributed by atoms with E-state index in [4.69, 9.17) is 4.74 Å². The molecule has 2 heteroatoms. The van der Waals surface area contributed by atoms with Crippen molar-refractivity contribution in [3.63, 3.8) is 0 Å². The summed E-state index contributed by atoms with van der Waals surface area (Å²) in [6.07, 6.45) is 2.64. The van der Waals surface area contributed by atoms with Gasteiger partial charge in [-0.3, -0.25) is 0 Å². The maximum atomic E-state index is 6.08. The van der Waals surface area contributed by atoms with Crippen LogP contribution in [0.15, 0.2) is 30.3 Å². The molecule has 1 aromatic carbocycles. The molecule has 0 saturated heterocycles. The molecule has 0 fully saturated rings. The molecule has 0 bridgehead atoms. The third-order valence-electron chi connectivity index (χ3n) is 3.11. The van der Waals surface area contributed by atoms with Crippen LogP contribution in [-0.4, -0.2) is 19.7 Å². The van der Waals surface area contributed by atoms with E-state index in [-0.39, 0.29) is 6.10 Å². The van der Waals surface area contributed by atoms with Crippen LogP contribution in [0.1, 0.15) is 45.3 Å². The molecule has 102 valence electrons. The molecule has 0 aliphatic heterocycles. The van der Waals surface area contributed by atoms with E-state index in [9.17, 15) is 0 Å². The highest BCUT2D eigenvalue weighted by Gasteiger charge is 2.12. The van der Waals surface area contributed by atoms with Crippen LogP contribution in [-0.2, 0) is 4.74 Å². The predicted molar refractivity (Wildman–Crippen MR) is 77.8 cm³/mol. The number of ether oxygens (including phenoxy) is 1. The zero-order chi connectivity index (χ0) is 13.2. The molecule has 2 unspecified atom stereocenters. The van der Waals surface area contributed by atoms with Crippen LogP contribution in [0.25, 0.3) is 0 Å². The molecule has 2 atom stereocenters. The summed E-state index contributed by atoms with van der Waals surface area (Å²) in [6.45, 7) is 9.33. The zero-order valence-electron chi connectivity index (χ0n) is 12.0. The summed E-state index contributed by atoms with van der Waals surface area (Å²) in [6, 6.07) is 10.5. The van der Waals surface area contributed by atoms with Crippen LogP contribution < -0.4 is 5.32 Å². The van der Waals surface area contributed by atoms with E-state index >= 15 is 0 Å². The Bertz CT molecular complexity index is 299. The predicted octanol–water partition coefficient (Wildman–Crippen LogP) is 3.79. The maximum Gasteiger partial charge on any atom is 0.0949 e. The molecular formula is C16H27NO. The summed E-state index contributed by atoms with van der Waals surface area (Å²) in [5.41, 5.74) is 1.27. The first-order chi connectivity index (χ1) is 8.77. The topological polar surface area (TPSA) is 21.3 Å². The summed E-state index contributed by atoms with van der Waals surface area (Å²) >= 11 is 0. The van der Waals surface area contributed by atoms with Gasteiger partial charge in [0.25, 0.3) is 0 Å². The van der Waals surface area contributed by atoms with Gasteiger partial charge in [0.2, 0.25) is 0 Å². The van der Waals surface area contributed by atoms with Crippen molar-refractivity contribution < 1.29 is 4.74 Å². The molecule has 0 aliphatic carbocycles. The number of hydrogen-bond donors (Lipinski definition) is 1. The van der Waals surface area contributed by atoms with Crippen LogP contribution >= 0.6 is 0 Å². The Labute approximate surface area is 112 Å². The molecule has 18 heavy (non-hydrogen) atoms. The minimum absolute atomic E-state index is 0.172. The standard InChI is InChI=1S/C16H27NO/c1-4-9-14(3)13-18-16(12-17-5-2)15-10-7-6-8-11-15/h6-8,10-11,14,16-17H,4-5,9,12-13H2,1-3H3. The Hall–Kier alpha value is -0.860. The molecule has 1 rings (SSSR count). The highest BCUT2D eigenvalue weighted by Crippen LogP contribution is 2.18. The number of rotatable bonds is 9. The van der Waals surface area contributed by atoms with Gasteiger partial charge in [-0.05, 0) is 24.4 Å². The number of benzene rings is 1. The van der Waals surface area contributed by atoms with Crippen molar-refractivity contribution in [2.45, 2.75) is 39.7 Å². The average Bonchev–Trinajstić information content (AvgIpc) is 2.40. The molecule has 0 amide bonds. The summed E-state index contributed by atoms with van der Waals surface area (Å²) < 4.78 is 6.08. The van der Waals surface area contributed by atoms with Crippen LogP contribution in [0.3, 0.4) is 0 Å². The molecule has 0 aliphatic rings. The van der Waals surface area contributed by atoms with Crippen molar-refractivity contribution in [1.29, 1.82) is 0 Å². The van der Waals surface area contributed by atoms with Gasteiger partial charge in [0, 0.05) is 6.54 Å². The lowest BCUT2D eigenvalue weighted by Gasteiger charge is -2.21. The third kappa shape index (κ3) is 5.65. The molecule has 2 nitrogen and oxygen atoms in total. The van der Waals surface area contributed by atoms with Gasteiger partial charge in [-0.2, -0.15) is 0 Å². The van der Waals surface area contributed by atoms with E-state index in [2.05, 4.69) is 50.4 Å². The molecule has 0 heterocycles. The fourth-order valence-corrected chi connectivity index (χ4v) is 2.07. The first-order valence-corrected chi connectivity index (χ1v) is 7.15. The molecule has 0 saturated carbocycles. The summed E-state index contributed by atoms with van der Waals surface area (Å²) in [5.74, 6) is 0.642. The SMILES string of the molecule is CCCC(C)COC(CNCC)c1ccccc1. The second-order valence-electron chi connectivity index (χ2n) is 4.93. The van der Waals surface area contributed by atoms with E-state index in [1.165, 1.54) is 18.4 Å². The van der Waals surface area contributed by atoms with Crippen LogP contribution in [0.5, 0.6) is 0 Å².